The molecule has 0 saturated carbocycles. The standard InChI is InChI=1S/C13H19BrFN/c1-4-5-10(2)16(3)9-11-6-7-13(15)12(14)8-11/h6-8,10H,4-5,9H2,1-3H3. The molecule has 0 aliphatic carbocycles. The summed E-state index contributed by atoms with van der Waals surface area (Å²) in [4.78, 5) is 2.29. The Balaban J connectivity index is 2.62. The van der Waals surface area contributed by atoms with Gasteiger partial charge in [-0.25, -0.2) is 4.39 Å². The van der Waals surface area contributed by atoms with Crippen LogP contribution in [0.3, 0.4) is 0 Å². The lowest BCUT2D eigenvalue weighted by atomic mass is 10.1. The van der Waals surface area contributed by atoms with Crippen molar-refractivity contribution in [3.63, 3.8) is 0 Å². The molecule has 0 aromatic heterocycles. The highest BCUT2D eigenvalue weighted by Gasteiger charge is 2.09. The summed E-state index contributed by atoms with van der Waals surface area (Å²) in [6.45, 7) is 5.28. The molecule has 0 saturated heterocycles. The predicted molar refractivity (Wildman–Crippen MR) is 69.9 cm³/mol. The van der Waals surface area contributed by atoms with Crippen LogP contribution in [0.25, 0.3) is 0 Å². The number of halogens is 2. The van der Waals surface area contributed by atoms with Crippen LogP contribution in [0.15, 0.2) is 22.7 Å². The first-order chi connectivity index (χ1) is 7.54. The molecule has 0 N–H and O–H groups in total. The maximum atomic E-state index is 13.1. The van der Waals surface area contributed by atoms with E-state index in [1.165, 1.54) is 18.9 Å². The second-order valence-electron chi connectivity index (χ2n) is 4.30. The molecule has 1 aromatic carbocycles. The third-order valence-electron chi connectivity index (χ3n) is 2.87. The molecule has 0 radical (unpaired) electrons. The van der Waals surface area contributed by atoms with Gasteiger partial charge in [0.1, 0.15) is 5.82 Å². The van der Waals surface area contributed by atoms with Crippen molar-refractivity contribution in [2.24, 2.45) is 0 Å². The first-order valence-electron chi connectivity index (χ1n) is 5.68. The number of rotatable bonds is 5. The zero-order valence-corrected chi connectivity index (χ0v) is 11.7. The van der Waals surface area contributed by atoms with Gasteiger partial charge in [-0.15, -0.1) is 0 Å². The first-order valence-corrected chi connectivity index (χ1v) is 6.48. The lowest BCUT2D eigenvalue weighted by molar-refractivity contribution is 0.236. The highest BCUT2D eigenvalue weighted by molar-refractivity contribution is 9.10. The minimum Gasteiger partial charge on any atom is -0.299 e. The predicted octanol–water partition coefficient (Wildman–Crippen LogP) is 4.21. The SMILES string of the molecule is CCCC(C)N(C)Cc1ccc(F)c(Br)c1. The van der Waals surface area contributed by atoms with Gasteiger partial charge in [0.2, 0.25) is 0 Å². The molecule has 1 atom stereocenters. The molecular weight excluding hydrogens is 269 g/mol. The van der Waals surface area contributed by atoms with Crippen molar-refractivity contribution in [1.29, 1.82) is 0 Å². The second kappa shape index (κ2) is 6.36. The summed E-state index contributed by atoms with van der Waals surface area (Å²) in [5.41, 5.74) is 1.14. The normalized spacial score (nSPS) is 13.1. The van der Waals surface area contributed by atoms with Crippen molar-refractivity contribution in [2.75, 3.05) is 7.05 Å². The van der Waals surface area contributed by atoms with E-state index >= 15 is 0 Å². The third kappa shape index (κ3) is 3.87. The van der Waals surface area contributed by atoms with Gasteiger partial charge in [-0.3, -0.25) is 4.90 Å². The zero-order valence-electron chi connectivity index (χ0n) is 10.1. The molecule has 0 aliphatic heterocycles. The number of benzene rings is 1. The quantitative estimate of drug-likeness (QED) is 0.784. The molecule has 0 heterocycles. The van der Waals surface area contributed by atoms with E-state index in [0.717, 1.165) is 12.1 Å². The maximum absolute atomic E-state index is 13.1. The topological polar surface area (TPSA) is 3.24 Å². The molecular formula is C13H19BrFN. The lowest BCUT2D eigenvalue weighted by Crippen LogP contribution is -2.28. The lowest BCUT2D eigenvalue weighted by Gasteiger charge is -2.24. The van der Waals surface area contributed by atoms with E-state index in [2.05, 4.69) is 41.7 Å². The van der Waals surface area contributed by atoms with Crippen LogP contribution < -0.4 is 0 Å². The number of hydrogen-bond donors (Lipinski definition) is 0. The highest BCUT2D eigenvalue weighted by atomic mass is 79.9. The van der Waals surface area contributed by atoms with Crippen LogP contribution in [0.5, 0.6) is 0 Å². The molecule has 16 heavy (non-hydrogen) atoms. The van der Waals surface area contributed by atoms with Gasteiger partial charge in [-0.1, -0.05) is 19.4 Å². The fourth-order valence-corrected chi connectivity index (χ4v) is 2.15. The van der Waals surface area contributed by atoms with Gasteiger partial charge in [0.25, 0.3) is 0 Å². The van der Waals surface area contributed by atoms with Gasteiger partial charge in [0.15, 0.2) is 0 Å². The summed E-state index contributed by atoms with van der Waals surface area (Å²) in [5.74, 6) is -0.201. The fourth-order valence-electron chi connectivity index (χ4n) is 1.72. The van der Waals surface area contributed by atoms with E-state index < -0.39 is 0 Å². The number of hydrogen-bond acceptors (Lipinski definition) is 1. The summed E-state index contributed by atoms with van der Waals surface area (Å²) in [5, 5.41) is 0. The van der Waals surface area contributed by atoms with Gasteiger partial charge in [0, 0.05) is 12.6 Å². The van der Waals surface area contributed by atoms with Crippen molar-refractivity contribution in [3.8, 4) is 0 Å². The Labute approximate surface area is 106 Å². The third-order valence-corrected chi connectivity index (χ3v) is 3.48. The monoisotopic (exact) mass is 287 g/mol. The Morgan fingerprint density at radius 2 is 2.12 bits per heavy atom. The summed E-state index contributed by atoms with van der Waals surface area (Å²) >= 11 is 3.21. The molecule has 90 valence electrons. The van der Waals surface area contributed by atoms with Gasteiger partial charge < -0.3 is 0 Å². The maximum Gasteiger partial charge on any atom is 0.137 e. The molecule has 0 fully saturated rings. The van der Waals surface area contributed by atoms with Crippen molar-refractivity contribution < 1.29 is 4.39 Å². The Kier molecular flexibility index (Phi) is 5.42. The van der Waals surface area contributed by atoms with Crippen LogP contribution in [-0.2, 0) is 6.54 Å². The molecule has 3 heteroatoms. The number of nitrogens with zero attached hydrogens (tertiary/aromatic N) is 1. The van der Waals surface area contributed by atoms with Crippen molar-refractivity contribution in [2.45, 2.75) is 39.3 Å². The van der Waals surface area contributed by atoms with E-state index in [0.29, 0.717) is 10.5 Å². The molecule has 1 unspecified atom stereocenters. The molecule has 1 rings (SSSR count). The average Bonchev–Trinajstić information content (AvgIpc) is 2.24. The molecule has 0 amide bonds. The summed E-state index contributed by atoms with van der Waals surface area (Å²) in [6, 6.07) is 5.77. The summed E-state index contributed by atoms with van der Waals surface area (Å²) < 4.78 is 13.6. The molecule has 1 nitrogen and oxygen atoms in total. The zero-order chi connectivity index (χ0) is 12.1. The van der Waals surface area contributed by atoms with E-state index in [1.807, 2.05) is 12.1 Å². The molecule has 1 aromatic rings. The van der Waals surface area contributed by atoms with Crippen LogP contribution in [0.1, 0.15) is 32.3 Å². The molecule has 0 bridgehead atoms. The van der Waals surface area contributed by atoms with Crippen molar-refractivity contribution >= 4 is 15.9 Å². The average molecular weight is 288 g/mol. The van der Waals surface area contributed by atoms with Crippen LogP contribution in [0, 0.1) is 5.82 Å². The van der Waals surface area contributed by atoms with Crippen LogP contribution in [0.2, 0.25) is 0 Å². The van der Waals surface area contributed by atoms with E-state index in [-0.39, 0.29) is 5.82 Å². The molecule has 0 spiro atoms. The smallest absolute Gasteiger partial charge is 0.137 e. The van der Waals surface area contributed by atoms with Gasteiger partial charge in [0.05, 0.1) is 4.47 Å². The van der Waals surface area contributed by atoms with Crippen LogP contribution in [0.4, 0.5) is 4.39 Å². The van der Waals surface area contributed by atoms with Crippen LogP contribution in [-0.4, -0.2) is 18.0 Å². The van der Waals surface area contributed by atoms with Gasteiger partial charge in [-0.2, -0.15) is 0 Å². The highest BCUT2D eigenvalue weighted by Crippen LogP contribution is 2.18. The Hall–Kier alpha value is -0.410. The minimum absolute atomic E-state index is 0.201. The second-order valence-corrected chi connectivity index (χ2v) is 5.16. The Bertz CT molecular complexity index is 341. The van der Waals surface area contributed by atoms with Crippen LogP contribution >= 0.6 is 15.9 Å². The van der Waals surface area contributed by atoms with E-state index in [1.54, 1.807) is 0 Å². The van der Waals surface area contributed by atoms with Gasteiger partial charge in [-0.05, 0) is 54.0 Å². The largest absolute Gasteiger partial charge is 0.299 e. The molecule has 0 aliphatic rings. The minimum atomic E-state index is -0.201. The van der Waals surface area contributed by atoms with E-state index in [9.17, 15) is 4.39 Å². The van der Waals surface area contributed by atoms with Gasteiger partial charge >= 0.3 is 0 Å². The fraction of sp³-hybridized carbons (Fsp3) is 0.538. The first kappa shape index (κ1) is 13.7. The summed E-state index contributed by atoms with van der Waals surface area (Å²) in [7, 11) is 2.11. The summed E-state index contributed by atoms with van der Waals surface area (Å²) in [6.07, 6.45) is 2.39. The van der Waals surface area contributed by atoms with Crippen molar-refractivity contribution in [3.05, 3.63) is 34.1 Å². The van der Waals surface area contributed by atoms with Crippen molar-refractivity contribution in [1.82, 2.24) is 4.90 Å². The Morgan fingerprint density at radius 1 is 1.44 bits per heavy atom. The van der Waals surface area contributed by atoms with E-state index in [4.69, 9.17) is 0 Å². The Morgan fingerprint density at radius 3 is 2.69 bits per heavy atom.